The second-order valence-electron chi connectivity index (χ2n) is 7.31. The van der Waals surface area contributed by atoms with E-state index >= 15 is 0 Å². The average molecular weight is 447 g/mol. The second-order valence-corrected chi connectivity index (χ2v) is 7.31. The highest BCUT2D eigenvalue weighted by atomic mass is 19.4. The standard InChI is InChI=1S/C19H19F6N5O/c1-11-2-4-30(5-3-11)16-26-9-15(10-27-16)29-17(31)28-14-7-12(18(20,21)22)6-13(8-14)19(23,24)25/h6-11H,2-5H2,1H3,(H2,28,29,31). The number of amides is 2. The van der Waals surface area contributed by atoms with Gasteiger partial charge in [0.15, 0.2) is 0 Å². The number of nitrogens with zero attached hydrogens (tertiary/aromatic N) is 3. The number of piperidine rings is 1. The predicted octanol–water partition coefficient (Wildman–Crippen LogP) is 5.39. The first kappa shape index (κ1) is 22.6. The van der Waals surface area contributed by atoms with Crippen LogP contribution in [0.15, 0.2) is 30.6 Å². The average Bonchev–Trinajstić information content (AvgIpc) is 2.67. The molecule has 2 aromatic rings. The van der Waals surface area contributed by atoms with Gasteiger partial charge < -0.3 is 15.5 Å². The minimum absolute atomic E-state index is 0.0169. The number of benzene rings is 1. The number of hydrogen-bond donors (Lipinski definition) is 2. The van der Waals surface area contributed by atoms with E-state index in [-0.39, 0.29) is 11.8 Å². The lowest BCUT2D eigenvalue weighted by molar-refractivity contribution is -0.143. The highest BCUT2D eigenvalue weighted by Crippen LogP contribution is 2.37. The van der Waals surface area contributed by atoms with Crippen molar-refractivity contribution in [1.82, 2.24) is 9.97 Å². The van der Waals surface area contributed by atoms with Crippen molar-refractivity contribution in [3.05, 3.63) is 41.7 Å². The lowest BCUT2D eigenvalue weighted by Gasteiger charge is -2.30. The molecule has 0 unspecified atom stereocenters. The van der Waals surface area contributed by atoms with Crippen LogP contribution in [0.2, 0.25) is 0 Å². The Bertz CT molecular complexity index is 889. The molecule has 1 aromatic carbocycles. The zero-order chi connectivity index (χ0) is 22.8. The van der Waals surface area contributed by atoms with E-state index in [1.165, 1.54) is 12.4 Å². The summed E-state index contributed by atoms with van der Waals surface area (Å²) in [6.45, 7) is 3.75. The SMILES string of the molecule is CC1CCN(c2ncc(NC(=O)Nc3cc(C(F)(F)F)cc(C(F)(F)F)c3)cn2)CC1. The molecule has 1 aliphatic heterocycles. The van der Waals surface area contributed by atoms with Gasteiger partial charge in [-0.05, 0) is 37.0 Å². The van der Waals surface area contributed by atoms with Crippen LogP contribution in [0.5, 0.6) is 0 Å². The smallest absolute Gasteiger partial charge is 0.341 e. The molecule has 168 valence electrons. The molecular weight excluding hydrogens is 428 g/mol. The van der Waals surface area contributed by atoms with Crippen molar-refractivity contribution >= 4 is 23.4 Å². The summed E-state index contributed by atoms with van der Waals surface area (Å²) in [5, 5.41) is 4.27. The fraction of sp³-hybridized carbons (Fsp3) is 0.421. The summed E-state index contributed by atoms with van der Waals surface area (Å²) in [6, 6.07) is -0.204. The molecule has 2 amide bonds. The van der Waals surface area contributed by atoms with Gasteiger partial charge in [-0.25, -0.2) is 14.8 Å². The first-order chi connectivity index (χ1) is 14.4. The summed E-state index contributed by atoms with van der Waals surface area (Å²) in [7, 11) is 0. The molecule has 0 aliphatic carbocycles. The maximum Gasteiger partial charge on any atom is 0.416 e. The Labute approximate surface area is 173 Å². The van der Waals surface area contributed by atoms with Crippen molar-refractivity contribution in [2.75, 3.05) is 28.6 Å². The van der Waals surface area contributed by atoms with Gasteiger partial charge in [0.05, 0.1) is 29.2 Å². The first-order valence-electron chi connectivity index (χ1n) is 9.36. The Morgan fingerprint density at radius 2 is 1.39 bits per heavy atom. The van der Waals surface area contributed by atoms with Gasteiger partial charge in [-0.1, -0.05) is 6.92 Å². The van der Waals surface area contributed by atoms with Crippen LogP contribution in [0.1, 0.15) is 30.9 Å². The molecule has 0 bridgehead atoms. The lowest BCUT2D eigenvalue weighted by Crippen LogP contribution is -2.34. The number of alkyl halides is 6. The molecule has 2 heterocycles. The number of hydrogen-bond acceptors (Lipinski definition) is 4. The van der Waals surface area contributed by atoms with E-state index in [0.717, 1.165) is 25.9 Å². The Hall–Kier alpha value is -3.05. The summed E-state index contributed by atoms with van der Waals surface area (Å²) in [5.41, 5.74) is -3.57. The number of anilines is 3. The van der Waals surface area contributed by atoms with Gasteiger partial charge in [0.1, 0.15) is 0 Å². The number of halogens is 6. The highest BCUT2D eigenvalue weighted by molar-refractivity contribution is 5.99. The molecule has 12 heteroatoms. The van der Waals surface area contributed by atoms with Crippen LogP contribution in [0.3, 0.4) is 0 Å². The minimum atomic E-state index is -5.01. The molecule has 1 aromatic heterocycles. The zero-order valence-corrected chi connectivity index (χ0v) is 16.3. The molecule has 1 saturated heterocycles. The van der Waals surface area contributed by atoms with Crippen molar-refractivity contribution in [2.45, 2.75) is 32.1 Å². The molecule has 1 aliphatic rings. The molecule has 0 radical (unpaired) electrons. The fourth-order valence-electron chi connectivity index (χ4n) is 3.08. The second kappa shape index (κ2) is 8.60. The van der Waals surface area contributed by atoms with Gasteiger partial charge in [-0.2, -0.15) is 26.3 Å². The summed E-state index contributed by atoms with van der Waals surface area (Å²) >= 11 is 0. The fourth-order valence-corrected chi connectivity index (χ4v) is 3.08. The van der Waals surface area contributed by atoms with Crippen molar-refractivity contribution in [1.29, 1.82) is 0 Å². The number of rotatable bonds is 3. The van der Waals surface area contributed by atoms with E-state index in [0.29, 0.717) is 24.0 Å². The van der Waals surface area contributed by atoms with Crippen LogP contribution in [0.4, 0.5) is 48.5 Å². The van der Waals surface area contributed by atoms with Gasteiger partial charge in [-0.3, -0.25) is 0 Å². The number of aromatic nitrogens is 2. The number of nitrogens with one attached hydrogen (secondary N) is 2. The van der Waals surface area contributed by atoms with Gasteiger partial charge in [0, 0.05) is 18.8 Å². The molecule has 6 nitrogen and oxygen atoms in total. The van der Waals surface area contributed by atoms with Crippen LogP contribution < -0.4 is 15.5 Å². The third kappa shape index (κ3) is 5.98. The predicted molar refractivity (Wildman–Crippen MR) is 102 cm³/mol. The molecule has 2 N–H and O–H groups in total. The number of carbonyl (C=O) groups is 1. The summed E-state index contributed by atoms with van der Waals surface area (Å²) in [4.78, 5) is 22.4. The quantitative estimate of drug-likeness (QED) is 0.619. The van der Waals surface area contributed by atoms with Crippen LogP contribution in [0.25, 0.3) is 0 Å². The van der Waals surface area contributed by atoms with Gasteiger partial charge in [0.2, 0.25) is 5.95 Å². The van der Waals surface area contributed by atoms with Gasteiger partial charge in [-0.15, -0.1) is 0 Å². The largest absolute Gasteiger partial charge is 0.416 e. The molecule has 3 rings (SSSR count). The minimum Gasteiger partial charge on any atom is -0.341 e. The Morgan fingerprint density at radius 1 is 0.903 bits per heavy atom. The monoisotopic (exact) mass is 447 g/mol. The molecule has 0 spiro atoms. The van der Waals surface area contributed by atoms with Crippen molar-refractivity contribution < 1.29 is 31.1 Å². The highest BCUT2D eigenvalue weighted by Gasteiger charge is 2.37. The van der Waals surface area contributed by atoms with Gasteiger partial charge >= 0.3 is 18.4 Å². The van der Waals surface area contributed by atoms with Crippen LogP contribution >= 0.6 is 0 Å². The van der Waals surface area contributed by atoms with E-state index < -0.39 is 35.2 Å². The summed E-state index contributed by atoms with van der Waals surface area (Å²) in [6.07, 6.45) is -5.39. The molecule has 0 saturated carbocycles. The number of urea groups is 1. The van der Waals surface area contributed by atoms with Crippen LogP contribution in [-0.4, -0.2) is 29.1 Å². The van der Waals surface area contributed by atoms with E-state index in [1.807, 2.05) is 10.2 Å². The maximum atomic E-state index is 12.9. The van der Waals surface area contributed by atoms with Crippen molar-refractivity contribution in [3.8, 4) is 0 Å². The van der Waals surface area contributed by atoms with Gasteiger partial charge in [0.25, 0.3) is 0 Å². The third-order valence-electron chi connectivity index (χ3n) is 4.81. The Morgan fingerprint density at radius 3 is 1.87 bits per heavy atom. The molecule has 0 atom stereocenters. The van der Waals surface area contributed by atoms with E-state index in [9.17, 15) is 31.1 Å². The Kier molecular flexibility index (Phi) is 6.27. The van der Waals surface area contributed by atoms with E-state index in [4.69, 9.17) is 0 Å². The lowest BCUT2D eigenvalue weighted by atomic mass is 10.00. The number of carbonyl (C=O) groups excluding carboxylic acids is 1. The summed E-state index contributed by atoms with van der Waals surface area (Å²) in [5.74, 6) is 1.10. The topological polar surface area (TPSA) is 70.2 Å². The maximum absolute atomic E-state index is 12.9. The van der Waals surface area contributed by atoms with Crippen LogP contribution in [0, 0.1) is 5.92 Å². The van der Waals surface area contributed by atoms with Crippen molar-refractivity contribution in [3.63, 3.8) is 0 Å². The van der Waals surface area contributed by atoms with E-state index in [1.54, 1.807) is 0 Å². The van der Waals surface area contributed by atoms with Crippen molar-refractivity contribution in [2.24, 2.45) is 5.92 Å². The summed E-state index contributed by atoms with van der Waals surface area (Å²) < 4.78 is 77.5. The normalized spacial score (nSPS) is 15.6. The van der Waals surface area contributed by atoms with E-state index in [2.05, 4.69) is 22.2 Å². The Balaban J connectivity index is 1.69. The third-order valence-corrected chi connectivity index (χ3v) is 4.81. The zero-order valence-electron chi connectivity index (χ0n) is 16.3. The molecular formula is C19H19F6N5O. The molecule has 31 heavy (non-hydrogen) atoms. The first-order valence-corrected chi connectivity index (χ1v) is 9.36. The molecule has 1 fully saturated rings. The van der Waals surface area contributed by atoms with Crippen LogP contribution in [-0.2, 0) is 12.4 Å².